The van der Waals surface area contributed by atoms with E-state index in [1.807, 2.05) is 0 Å². The summed E-state index contributed by atoms with van der Waals surface area (Å²) in [4.78, 5) is -0.984. The largest absolute Gasteiger partial charge is 0.417 e. The van der Waals surface area contributed by atoms with E-state index in [1.54, 1.807) is 0 Å². The monoisotopic (exact) mass is 486 g/mol. The fourth-order valence-corrected chi connectivity index (χ4v) is 6.34. The van der Waals surface area contributed by atoms with Crippen molar-refractivity contribution >= 4 is 10.0 Å². The minimum atomic E-state index is -4.90. The maximum Gasteiger partial charge on any atom is 0.417 e. The summed E-state index contributed by atoms with van der Waals surface area (Å²) in [7, 11) is -4.71. The summed E-state index contributed by atoms with van der Waals surface area (Å²) in [6.45, 7) is 2.16. The molecule has 2 aliphatic rings. The number of nitrogens with two attached hydrogens (primary N) is 1. The highest BCUT2D eigenvalue weighted by atomic mass is 32.2. The van der Waals surface area contributed by atoms with Crippen LogP contribution in [-0.4, -0.2) is 42.1 Å². The van der Waals surface area contributed by atoms with Gasteiger partial charge in [0.2, 0.25) is 15.8 Å². The van der Waals surface area contributed by atoms with Crippen molar-refractivity contribution in [3.63, 3.8) is 0 Å². The average molecular weight is 487 g/mol. The molecule has 8 nitrogen and oxygen atoms in total. The van der Waals surface area contributed by atoms with Crippen LogP contribution in [0.5, 0.6) is 0 Å². The first kappa shape index (κ1) is 24.1. The van der Waals surface area contributed by atoms with Gasteiger partial charge >= 0.3 is 6.18 Å². The molecule has 0 spiro atoms. The van der Waals surface area contributed by atoms with Gasteiger partial charge in [-0.25, -0.2) is 13.6 Å². The molecule has 0 unspecified atom stereocenters. The fraction of sp³-hybridized carbons (Fsp3) is 0.667. The zero-order chi connectivity index (χ0) is 23.6. The summed E-state index contributed by atoms with van der Waals surface area (Å²) in [6, 6.07) is 2.16. The molecule has 4 rings (SSSR count). The Hall–Kier alpha value is -2.05. The third-order valence-electron chi connectivity index (χ3n) is 7.08. The summed E-state index contributed by atoms with van der Waals surface area (Å²) in [5, 5.41) is 21.9. The molecule has 182 valence electrons. The maximum absolute atomic E-state index is 13.7. The van der Waals surface area contributed by atoms with Crippen molar-refractivity contribution in [3.05, 3.63) is 23.3 Å². The highest BCUT2D eigenvalue weighted by molar-refractivity contribution is 7.89. The zero-order valence-electron chi connectivity index (χ0n) is 18.2. The number of nitrogens with one attached hydrogen (secondary N) is 2. The maximum atomic E-state index is 13.7. The summed E-state index contributed by atoms with van der Waals surface area (Å²) in [6.07, 6.45) is 3.32. The number of aromatic amines is 1. The van der Waals surface area contributed by atoms with Gasteiger partial charge in [-0.15, -0.1) is 10.2 Å². The first-order valence-corrected chi connectivity index (χ1v) is 12.9. The van der Waals surface area contributed by atoms with Crippen molar-refractivity contribution in [2.75, 3.05) is 13.1 Å². The van der Waals surface area contributed by atoms with Crippen LogP contribution in [0.15, 0.2) is 17.0 Å². The Morgan fingerprint density at radius 3 is 2.18 bits per heavy atom. The number of piperidine rings is 1. The van der Waals surface area contributed by atoms with Crippen LogP contribution < -0.4 is 10.5 Å². The number of primary sulfonamides is 1. The second kappa shape index (κ2) is 9.67. The first-order chi connectivity index (χ1) is 15.6. The lowest BCUT2D eigenvalue weighted by Gasteiger charge is -2.32. The molecule has 2 aromatic rings. The van der Waals surface area contributed by atoms with Gasteiger partial charge in [0.15, 0.2) is 0 Å². The predicted molar refractivity (Wildman–Crippen MR) is 116 cm³/mol. The van der Waals surface area contributed by atoms with Crippen LogP contribution in [0.25, 0.3) is 11.4 Å². The Morgan fingerprint density at radius 1 is 1.00 bits per heavy atom. The van der Waals surface area contributed by atoms with Gasteiger partial charge in [-0.2, -0.15) is 18.4 Å². The van der Waals surface area contributed by atoms with Crippen LogP contribution in [0.1, 0.15) is 68.4 Å². The lowest BCUT2D eigenvalue weighted by Crippen LogP contribution is -2.28. The SMILES string of the molecule is NS(=O)(=O)c1c(C(F)(F)F)ccc(C2CCC(CCC3CCNCC3)CC2)c1-c1nn[nH]n1. The van der Waals surface area contributed by atoms with Gasteiger partial charge in [-0.1, -0.05) is 18.9 Å². The smallest absolute Gasteiger partial charge is 0.317 e. The van der Waals surface area contributed by atoms with Gasteiger partial charge in [0.05, 0.1) is 5.56 Å². The van der Waals surface area contributed by atoms with Gasteiger partial charge in [0, 0.05) is 5.56 Å². The molecule has 2 heterocycles. The van der Waals surface area contributed by atoms with E-state index in [0.29, 0.717) is 11.5 Å². The van der Waals surface area contributed by atoms with Gasteiger partial charge in [0.25, 0.3) is 0 Å². The number of H-pyrrole nitrogens is 1. The Labute approximate surface area is 191 Å². The Bertz CT molecular complexity index is 1040. The van der Waals surface area contributed by atoms with Crippen LogP contribution in [0, 0.1) is 11.8 Å². The minimum Gasteiger partial charge on any atom is -0.317 e. The Morgan fingerprint density at radius 2 is 1.64 bits per heavy atom. The molecular formula is C21H29F3N6O2S. The number of aromatic nitrogens is 4. The average Bonchev–Trinajstić information content (AvgIpc) is 3.31. The number of benzene rings is 1. The molecule has 0 atom stereocenters. The first-order valence-electron chi connectivity index (χ1n) is 11.4. The molecule has 1 aliphatic carbocycles. The fourth-order valence-electron chi connectivity index (χ4n) is 5.36. The standard InChI is InChI=1S/C21H29F3N6O2S/c22-21(23,24)17-8-7-16(18(19(17)33(25,31)32)20-27-29-30-28-20)15-5-3-13(4-6-15)1-2-14-9-11-26-12-10-14/h7-8,13-15,26H,1-6,9-12H2,(H2,25,31,32)(H,27,28,29,30). The highest BCUT2D eigenvalue weighted by Gasteiger charge is 2.40. The molecule has 1 aliphatic heterocycles. The number of hydrogen-bond acceptors (Lipinski definition) is 6. The number of sulfonamides is 1. The van der Waals surface area contributed by atoms with E-state index in [0.717, 1.165) is 57.2 Å². The molecule has 1 saturated heterocycles. The molecule has 0 amide bonds. The lowest BCUT2D eigenvalue weighted by atomic mass is 9.75. The van der Waals surface area contributed by atoms with E-state index in [-0.39, 0.29) is 17.3 Å². The summed E-state index contributed by atoms with van der Waals surface area (Å²) in [5.41, 5.74) is -1.03. The summed E-state index contributed by atoms with van der Waals surface area (Å²) in [5.74, 6) is 1.04. The van der Waals surface area contributed by atoms with Crippen LogP contribution in [0.2, 0.25) is 0 Å². The lowest BCUT2D eigenvalue weighted by molar-refractivity contribution is -0.139. The Balaban J connectivity index is 1.59. The molecule has 33 heavy (non-hydrogen) atoms. The molecule has 1 saturated carbocycles. The molecule has 0 bridgehead atoms. The third kappa shape index (κ3) is 5.55. The van der Waals surface area contributed by atoms with Crippen LogP contribution in [0.3, 0.4) is 0 Å². The molecule has 4 N–H and O–H groups in total. The third-order valence-corrected chi connectivity index (χ3v) is 8.07. The second-order valence-corrected chi connectivity index (χ2v) is 10.7. The number of rotatable bonds is 6. The van der Waals surface area contributed by atoms with E-state index in [1.165, 1.54) is 25.3 Å². The molecule has 1 aromatic heterocycles. The van der Waals surface area contributed by atoms with Crippen LogP contribution in [0.4, 0.5) is 13.2 Å². The van der Waals surface area contributed by atoms with E-state index < -0.39 is 26.7 Å². The summed E-state index contributed by atoms with van der Waals surface area (Å²) < 4.78 is 65.7. The van der Waals surface area contributed by atoms with Gasteiger partial charge in [-0.3, -0.25) is 0 Å². The van der Waals surface area contributed by atoms with Crippen LogP contribution >= 0.6 is 0 Å². The number of alkyl halides is 3. The molecular weight excluding hydrogens is 457 g/mol. The van der Waals surface area contributed by atoms with E-state index >= 15 is 0 Å². The van der Waals surface area contributed by atoms with E-state index in [2.05, 4.69) is 25.9 Å². The molecule has 0 radical (unpaired) electrons. The minimum absolute atomic E-state index is 0.101. The quantitative estimate of drug-likeness (QED) is 0.573. The molecule has 12 heteroatoms. The van der Waals surface area contributed by atoms with Gasteiger partial charge in [0.1, 0.15) is 4.90 Å². The normalized spacial score (nSPS) is 23.0. The van der Waals surface area contributed by atoms with Crippen molar-refractivity contribution < 1.29 is 21.6 Å². The molecule has 2 fully saturated rings. The van der Waals surface area contributed by atoms with E-state index in [9.17, 15) is 21.6 Å². The van der Waals surface area contributed by atoms with Gasteiger partial charge in [-0.05, 0) is 86.2 Å². The van der Waals surface area contributed by atoms with Gasteiger partial charge < -0.3 is 5.32 Å². The number of tetrazole rings is 1. The Kier molecular flexibility index (Phi) is 7.06. The second-order valence-electron chi connectivity index (χ2n) is 9.17. The van der Waals surface area contributed by atoms with Crippen molar-refractivity contribution in [2.45, 2.75) is 68.4 Å². The van der Waals surface area contributed by atoms with E-state index in [4.69, 9.17) is 5.14 Å². The van der Waals surface area contributed by atoms with Crippen molar-refractivity contribution in [1.29, 1.82) is 0 Å². The predicted octanol–water partition coefficient (Wildman–Crippen LogP) is 3.59. The topological polar surface area (TPSA) is 127 Å². The van der Waals surface area contributed by atoms with Crippen molar-refractivity contribution in [1.82, 2.24) is 25.9 Å². The molecule has 1 aromatic carbocycles. The van der Waals surface area contributed by atoms with Crippen molar-refractivity contribution in [3.8, 4) is 11.4 Å². The van der Waals surface area contributed by atoms with Crippen molar-refractivity contribution in [2.24, 2.45) is 17.0 Å². The highest BCUT2D eigenvalue weighted by Crippen LogP contribution is 2.46. The number of nitrogens with zero attached hydrogens (tertiary/aromatic N) is 3. The number of hydrogen-bond donors (Lipinski definition) is 3. The summed E-state index contributed by atoms with van der Waals surface area (Å²) >= 11 is 0. The zero-order valence-corrected chi connectivity index (χ0v) is 19.1. The number of halogens is 3. The van der Waals surface area contributed by atoms with Crippen LogP contribution in [-0.2, 0) is 16.2 Å².